The number of nitrogens with two attached hydrogens (primary N) is 1. The Kier molecular flexibility index (Phi) is 4.82. The van der Waals surface area contributed by atoms with Gasteiger partial charge in [-0.05, 0) is 30.5 Å². The van der Waals surface area contributed by atoms with Crippen molar-refractivity contribution >= 4 is 5.69 Å². The Labute approximate surface area is 105 Å². The molecular weight excluding hydrogens is 212 g/mol. The molecule has 0 aliphatic rings. The molecule has 0 aliphatic carbocycles. The minimum Gasteiger partial charge on any atom is -0.497 e. The maximum Gasteiger partial charge on any atom is 0.120 e. The highest BCUT2D eigenvalue weighted by atomic mass is 16.5. The topological polar surface area (TPSA) is 38.5 Å². The zero-order valence-electron chi connectivity index (χ0n) is 11.4. The summed E-state index contributed by atoms with van der Waals surface area (Å²) < 4.78 is 5.24. The van der Waals surface area contributed by atoms with E-state index < -0.39 is 0 Å². The third-order valence-electron chi connectivity index (χ3n) is 3.46. The fourth-order valence-electron chi connectivity index (χ4n) is 1.83. The van der Waals surface area contributed by atoms with Gasteiger partial charge in [0.2, 0.25) is 0 Å². The lowest BCUT2D eigenvalue weighted by Gasteiger charge is -2.33. The van der Waals surface area contributed by atoms with Gasteiger partial charge in [0, 0.05) is 25.3 Å². The monoisotopic (exact) mass is 236 g/mol. The highest BCUT2D eigenvalue weighted by molar-refractivity contribution is 5.50. The van der Waals surface area contributed by atoms with Crippen molar-refractivity contribution in [1.82, 2.24) is 0 Å². The van der Waals surface area contributed by atoms with Crippen molar-refractivity contribution in [3.05, 3.63) is 24.3 Å². The normalized spacial score (nSPS) is 14.2. The molecule has 1 aromatic carbocycles. The summed E-state index contributed by atoms with van der Waals surface area (Å²) in [6.07, 6.45) is 1.08. The van der Waals surface area contributed by atoms with Crippen LogP contribution >= 0.6 is 0 Å². The second kappa shape index (κ2) is 5.92. The maximum absolute atomic E-state index is 5.85. The molecule has 0 amide bonds. The smallest absolute Gasteiger partial charge is 0.120 e. The summed E-state index contributed by atoms with van der Waals surface area (Å²) >= 11 is 0. The van der Waals surface area contributed by atoms with E-state index in [-0.39, 0.29) is 5.41 Å². The van der Waals surface area contributed by atoms with Crippen LogP contribution in [0.3, 0.4) is 0 Å². The molecular formula is C14H24N2O. The van der Waals surface area contributed by atoms with Crippen molar-refractivity contribution in [1.29, 1.82) is 0 Å². The zero-order chi connectivity index (χ0) is 12.9. The van der Waals surface area contributed by atoms with Gasteiger partial charge < -0.3 is 15.4 Å². The standard InChI is InChI=1S/C14H24N2O/c1-5-14(2,10-15)11-16(3)12-7-6-8-13(9-12)17-4/h6-9H,5,10-11,15H2,1-4H3. The fraction of sp³-hybridized carbons (Fsp3) is 0.571. The second-order valence-electron chi connectivity index (χ2n) is 4.93. The van der Waals surface area contributed by atoms with E-state index in [1.165, 1.54) is 0 Å². The van der Waals surface area contributed by atoms with E-state index in [0.717, 1.165) is 24.4 Å². The lowest BCUT2D eigenvalue weighted by Crippen LogP contribution is -2.38. The molecule has 1 aromatic rings. The van der Waals surface area contributed by atoms with Gasteiger partial charge in [-0.1, -0.05) is 19.9 Å². The minimum absolute atomic E-state index is 0.165. The number of benzene rings is 1. The lowest BCUT2D eigenvalue weighted by atomic mass is 9.87. The van der Waals surface area contributed by atoms with Crippen molar-refractivity contribution in [2.24, 2.45) is 11.1 Å². The number of hydrogen-bond acceptors (Lipinski definition) is 3. The Hall–Kier alpha value is -1.22. The molecule has 0 fully saturated rings. The summed E-state index contributed by atoms with van der Waals surface area (Å²) in [4.78, 5) is 2.24. The Morgan fingerprint density at radius 2 is 2.12 bits per heavy atom. The van der Waals surface area contributed by atoms with E-state index in [2.05, 4.69) is 31.9 Å². The molecule has 0 aromatic heterocycles. The number of anilines is 1. The third-order valence-corrected chi connectivity index (χ3v) is 3.46. The van der Waals surface area contributed by atoms with E-state index in [0.29, 0.717) is 6.54 Å². The Bertz CT molecular complexity index is 348. The molecule has 17 heavy (non-hydrogen) atoms. The summed E-state index contributed by atoms with van der Waals surface area (Å²) in [5.74, 6) is 0.889. The molecule has 0 heterocycles. The van der Waals surface area contributed by atoms with Gasteiger partial charge in [-0.3, -0.25) is 0 Å². The molecule has 0 aliphatic heterocycles. The molecule has 0 saturated heterocycles. The van der Waals surface area contributed by atoms with E-state index in [1.54, 1.807) is 7.11 Å². The first-order valence-corrected chi connectivity index (χ1v) is 6.10. The highest BCUT2D eigenvalue weighted by Gasteiger charge is 2.22. The van der Waals surface area contributed by atoms with E-state index >= 15 is 0 Å². The number of hydrogen-bond donors (Lipinski definition) is 1. The van der Waals surface area contributed by atoms with Crippen LogP contribution < -0.4 is 15.4 Å². The van der Waals surface area contributed by atoms with Crippen LogP contribution in [0.1, 0.15) is 20.3 Å². The van der Waals surface area contributed by atoms with Crippen LogP contribution in [0.5, 0.6) is 5.75 Å². The second-order valence-corrected chi connectivity index (χ2v) is 4.93. The average Bonchev–Trinajstić information content (AvgIpc) is 2.38. The van der Waals surface area contributed by atoms with Crippen LogP contribution in [0.25, 0.3) is 0 Å². The van der Waals surface area contributed by atoms with Crippen LogP contribution in [-0.4, -0.2) is 27.2 Å². The van der Waals surface area contributed by atoms with Gasteiger partial charge in [-0.25, -0.2) is 0 Å². The Morgan fingerprint density at radius 1 is 1.41 bits per heavy atom. The molecule has 0 bridgehead atoms. The molecule has 1 unspecified atom stereocenters. The van der Waals surface area contributed by atoms with Gasteiger partial charge in [-0.2, -0.15) is 0 Å². The van der Waals surface area contributed by atoms with Gasteiger partial charge in [-0.15, -0.1) is 0 Å². The van der Waals surface area contributed by atoms with Crippen molar-refractivity contribution in [3.63, 3.8) is 0 Å². The van der Waals surface area contributed by atoms with Gasteiger partial charge in [0.1, 0.15) is 5.75 Å². The molecule has 0 spiro atoms. The fourth-order valence-corrected chi connectivity index (χ4v) is 1.83. The number of methoxy groups -OCH3 is 1. The predicted octanol–water partition coefficient (Wildman–Crippen LogP) is 2.51. The predicted molar refractivity (Wildman–Crippen MR) is 73.7 cm³/mol. The first-order valence-electron chi connectivity index (χ1n) is 6.10. The summed E-state index contributed by atoms with van der Waals surface area (Å²) in [6, 6.07) is 8.11. The van der Waals surface area contributed by atoms with Crippen LogP contribution in [0.15, 0.2) is 24.3 Å². The van der Waals surface area contributed by atoms with Gasteiger partial charge >= 0.3 is 0 Å². The molecule has 3 nitrogen and oxygen atoms in total. The Morgan fingerprint density at radius 3 is 2.65 bits per heavy atom. The molecule has 1 rings (SSSR count). The van der Waals surface area contributed by atoms with E-state index in [1.807, 2.05) is 18.2 Å². The lowest BCUT2D eigenvalue weighted by molar-refractivity contribution is 0.329. The summed E-state index contributed by atoms with van der Waals surface area (Å²) in [5.41, 5.74) is 7.18. The number of rotatable bonds is 6. The summed E-state index contributed by atoms with van der Waals surface area (Å²) in [7, 11) is 3.79. The molecule has 1 atom stereocenters. The van der Waals surface area contributed by atoms with Crippen molar-refractivity contribution in [3.8, 4) is 5.75 Å². The SMILES string of the molecule is CCC(C)(CN)CN(C)c1cccc(OC)c1. The molecule has 2 N–H and O–H groups in total. The largest absolute Gasteiger partial charge is 0.497 e. The first kappa shape index (κ1) is 13.8. The van der Waals surface area contributed by atoms with E-state index in [9.17, 15) is 0 Å². The molecule has 96 valence electrons. The zero-order valence-corrected chi connectivity index (χ0v) is 11.4. The Balaban J connectivity index is 2.78. The summed E-state index contributed by atoms with van der Waals surface area (Å²) in [5, 5.41) is 0. The van der Waals surface area contributed by atoms with Crippen LogP contribution in [0, 0.1) is 5.41 Å². The van der Waals surface area contributed by atoms with Gasteiger partial charge in [0.15, 0.2) is 0 Å². The quantitative estimate of drug-likeness (QED) is 0.824. The minimum atomic E-state index is 0.165. The average molecular weight is 236 g/mol. The van der Waals surface area contributed by atoms with Gasteiger partial charge in [0.25, 0.3) is 0 Å². The van der Waals surface area contributed by atoms with Crippen molar-refractivity contribution < 1.29 is 4.74 Å². The first-order chi connectivity index (χ1) is 8.04. The van der Waals surface area contributed by atoms with Crippen LogP contribution in [0.2, 0.25) is 0 Å². The number of ether oxygens (including phenoxy) is 1. The van der Waals surface area contributed by atoms with Gasteiger partial charge in [0.05, 0.1) is 7.11 Å². The van der Waals surface area contributed by atoms with E-state index in [4.69, 9.17) is 10.5 Å². The molecule has 0 radical (unpaired) electrons. The number of nitrogens with zero attached hydrogens (tertiary/aromatic N) is 1. The van der Waals surface area contributed by atoms with Crippen molar-refractivity contribution in [2.45, 2.75) is 20.3 Å². The molecule has 0 saturated carbocycles. The van der Waals surface area contributed by atoms with Crippen LogP contribution in [0.4, 0.5) is 5.69 Å². The maximum atomic E-state index is 5.85. The third kappa shape index (κ3) is 3.63. The van der Waals surface area contributed by atoms with Crippen molar-refractivity contribution in [2.75, 3.05) is 32.1 Å². The summed E-state index contributed by atoms with van der Waals surface area (Å²) in [6.45, 7) is 6.07. The molecule has 3 heteroatoms. The highest BCUT2D eigenvalue weighted by Crippen LogP contribution is 2.25. The van der Waals surface area contributed by atoms with Crippen LogP contribution in [-0.2, 0) is 0 Å².